The van der Waals surface area contributed by atoms with Crippen molar-refractivity contribution in [2.24, 2.45) is 5.73 Å². The Balaban J connectivity index is 2.36. The van der Waals surface area contributed by atoms with Gasteiger partial charge in [-0.05, 0) is 12.0 Å². The Kier molecular flexibility index (Phi) is 6.05. The summed E-state index contributed by atoms with van der Waals surface area (Å²) < 4.78 is 5.75. The highest BCUT2D eigenvalue weighted by Gasteiger charge is 2.08. The molecule has 0 saturated heterocycles. The van der Waals surface area contributed by atoms with Crippen molar-refractivity contribution in [2.75, 3.05) is 13.2 Å². The van der Waals surface area contributed by atoms with Crippen LogP contribution in [0, 0.1) is 0 Å². The monoisotopic (exact) mass is 207 g/mol. The molecule has 2 N–H and O–H groups in total. The van der Waals surface area contributed by atoms with Crippen molar-refractivity contribution < 1.29 is 4.74 Å². The molecule has 0 aliphatic rings. The van der Waals surface area contributed by atoms with Crippen molar-refractivity contribution in [3.63, 3.8) is 0 Å². The maximum atomic E-state index is 5.75. The highest BCUT2D eigenvalue weighted by atomic mass is 16.5. The zero-order valence-corrected chi connectivity index (χ0v) is 9.49. The largest absolute Gasteiger partial charge is 0.372 e. The molecule has 0 radical (unpaired) electrons. The SMILES string of the molecule is CCCCCOC(CN)c1ccccc1. The summed E-state index contributed by atoms with van der Waals surface area (Å²) in [5.41, 5.74) is 6.87. The van der Waals surface area contributed by atoms with Gasteiger partial charge in [-0.2, -0.15) is 0 Å². The molecule has 15 heavy (non-hydrogen) atoms. The van der Waals surface area contributed by atoms with Crippen molar-refractivity contribution >= 4 is 0 Å². The summed E-state index contributed by atoms with van der Waals surface area (Å²) in [6.45, 7) is 3.55. The van der Waals surface area contributed by atoms with Crippen molar-refractivity contribution in [1.82, 2.24) is 0 Å². The van der Waals surface area contributed by atoms with E-state index in [1.165, 1.54) is 18.4 Å². The molecule has 0 amide bonds. The fraction of sp³-hybridized carbons (Fsp3) is 0.538. The third-order valence-corrected chi connectivity index (χ3v) is 2.45. The summed E-state index contributed by atoms with van der Waals surface area (Å²) in [7, 11) is 0. The van der Waals surface area contributed by atoms with Gasteiger partial charge in [-0.15, -0.1) is 0 Å². The molecule has 0 spiro atoms. The van der Waals surface area contributed by atoms with Crippen LogP contribution < -0.4 is 5.73 Å². The van der Waals surface area contributed by atoms with E-state index in [0.717, 1.165) is 13.0 Å². The minimum atomic E-state index is 0.0584. The topological polar surface area (TPSA) is 35.2 Å². The number of benzene rings is 1. The molecule has 1 aromatic rings. The van der Waals surface area contributed by atoms with Gasteiger partial charge in [-0.3, -0.25) is 0 Å². The summed E-state index contributed by atoms with van der Waals surface area (Å²) in [5.74, 6) is 0. The molecule has 0 aliphatic heterocycles. The van der Waals surface area contributed by atoms with E-state index in [0.29, 0.717) is 6.54 Å². The third-order valence-electron chi connectivity index (χ3n) is 2.45. The fourth-order valence-electron chi connectivity index (χ4n) is 1.55. The first-order chi connectivity index (χ1) is 7.38. The third kappa shape index (κ3) is 4.45. The number of nitrogens with two attached hydrogens (primary N) is 1. The lowest BCUT2D eigenvalue weighted by atomic mass is 10.1. The smallest absolute Gasteiger partial charge is 0.0947 e. The summed E-state index contributed by atoms with van der Waals surface area (Å²) in [6.07, 6.45) is 3.64. The van der Waals surface area contributed by atoms with E-state index in [9.17, 15) is 0 Å². The van der Waals surface area contributed by atoms with E-state index in [2.05, 4.69) is 19.1 Å². The molecule has 1 aromatic carbocycles. The van der Waals surface area contributed by atoms with Crippen LogP contribution in [0.3, 0.4) is 0 Å². The van der Waals surface area contributed by atoms with Crippen LogP contribution in [-0.4, -0.2) is 13.2 Å². The molecule has 2 nitrogen and oxygen atoms in total. The number of rotatable bonds is 7. The van der Waals surface area contributed by atoms with Crippen LogP contribution in [0.15, 0.2) is 30.3 Å². The van der Waals surface area contributed by atoms with Gasteiger partial charge in [0.2, 0.25) is 0 Å². The summed E-state index contributed by atoms with van der Waals surface area (Å²) in [4.78, 5) is 0. The Hall–Kier alpha value is -0.860. The number of hydrogen-bond acceptors (Lipinski definition) is 2. The van der Waals surface area contributed by atoms with Gasteiger partial charge in [0.05, 0.1) is 6.10 Å². The maximum Gasteiger partial charge on any atom is 0.0947 e. The van der Waals surface area contributed by atoms with Crippen LogP contribution in [0.2, 0.25) is 0 Å². The number of ether oxygens (including phenoxy) is 1. The van der Waals surface area contributed by atoms with E-state index in [4.69, 9.17) is 10.5 Å². The summed E-state index contributed by atoms with van der Waals surface area (Å²) in [6, 6.07) is 10.2. The molecule has 1 atom stereocenters. The van der Waals surface area contributed by atoms with Gasteiger partial charge >= 0.3 is 0 Å². The second-order valence-corrected chi connectivity index (χ2v) is 3.71. The second kappa shape index (κ2) is 7.43. The maximum absolute atomic E-state index is 5.75. The van der Waals surface area contributed by atoms with Gasteiger partial charge in [0.1, 0.15) is 0 Å². The predicted molar refractivity (Wildman–Crippen MR) is 63.7 cm³/mol. The fourth-order valence-corrected chi connectivity index (χ4v) is 1.55. The molecule has 0 saturated carbocycles. The zero-order chi connectivity index (χ0) is 10.9. The predicted octanol–water partition coefficient (Wildman–Crippen LogP) is 2.89. The zero-order valence-electron chi connectivity index (χ0n) is 9.49. The highest BCUT2D eigenvalue weighted by molar-refractivity contribution is 5.17. The van der Waals surface area contributed by atoms with Crippen LogP contribution in [0.5, 0.6) is 0 Å². The molecule has 1 unspecified atom stereocenters. The molecule has 0 aliphatic carbocycles. The van der Waals surface area contributed by atoms with Crippen molar-refractivity contribution in [2.45, 2.75) is 32.3 Å². The van der Waals surface area contributed by atoms with E-state index in [1.807, 2.05) is 18.2 Å². The number of unbranched alkanes of at least 4 members (excludes halogenated alkanes) is 2. The second-order valence-electron chi connectivity index (χ2n) is 3.71. The van der Waals surface area contributed by atoms with Crippen LogP contribution >= 0.6 is 0 Å². The first-order valence-electron chi connectivity index (χ1n) is 5.75. The minimum Gasteiger partial charge on any atom is -0.372 e. The van der Waals surface area contributed by atoms with Gasteiger partial charge in [0, 0.05) is 13.2 Å². The lowest BCUT2D eigenvalue weighted by Crippen LogP contribution is -2.16. The van der Waals surface area contributed by atoms with E-state index in [1.54, 1.807) is 0 Å². The Labute approximate surface area is 92.4 Å². The van der Waals surface area contributed by atoms with E-state index in [-0.39, 0.29) is 6.10 Å². The van der Waals surface area contributed by atoms with Crippen molar-refractivity contribution in [3.8, 4) is 0 Å². The average Bonchev–Trinajstić information content (AvgIpc) is 2.30. The highest BCUT2D eigenvalue weighted by Crippen LogP contribution is 2.15. The molecule has 0 heterocycles. The Bertz CT molecular complexity index is 248. The molecular weight excluding hydrogens is 186 g/mol. The van der Waals surface area contributed by atoms with Crippen molar-refractivity contribution in [3.05, 3.63) is 35.9 Å². The van der Waals surface area contributed by atoms with Crippen LogP contribution in [0.25, 0.3) is 0 Å². The lowest BCUT2D eigenvalue weighted by Gasteiger charge is -2.16. The average molecular weight is 207 g/mol. The standard InChI is InChI=1S/C13H21NO/c1-2-3-7-10-15-13(11-14)12-8-5-4-6-9-12/h4-6,8-9,13H,2-3,7,10-11,14H2,1H3. The van der Waals surface area contributed by atoms with Crippen LogP contribution in [-0.2, 0) is 4.74 Å². The van der Waals surface area contributed by atoms with Gasteiger partial charge in [-0.25, -0.2) is 0 Å². The van der Waals surface area contributed by atoms with Crippen LogP contribution in [0.1, 0.15) is 37.9 Å². The van der Waals surface area contributed by atoms with Gasteiger partial charge in [0.15, 0.2) is 0 Å². The molecule has 0 aromatic heterocycles. The van der Waals surface area contributed by atoms with Gasteiger partial charge < -0.3 is 10.5 Å². The first-order valence-corrected chi connectivity index (χ1v) is 5.75. The van der Waals surface area contributed by atoms with Crippen LogP contribution in [0.4, 0.5) is 0 Å². The lowest BCUT2D eigenvalue weighted by molar-refractivity contribution is 0.0560. The molecule has 0 bridgehead atoms. The van der Waals surface area contributed by atoms with Gasteiger partial charge in [-0.1, -0.05) is 50.1 Å². The molecular formula is C13H21NO. The molecule has 84 valence electrons. The minimum absolute atomic E-state index is 0.0584. The molecule has 0 fully saturated rings. The summed E-state index contributed by atoms with van der Waals surface area (Å²) in [5, 5.41) is 0. The molecule has 2 heteroatoms. The Morgan fingerprint density at radius 2 is 1.93 bits per heavy atom. The normalized spacial score (nSPS) is 12.7. The Morgan fingerprint density at radius 1 is 1.20 bits per heavy atom. The van der Waals surface area contributed by atoms with Crippen molar-refractivity contribution in [1.29, 1.82) is 0 Å². The summed E-state index contributed by atoms with van der Waals surface area (Å²) >= 11 is 0. The number of hydrogen-bond donors (Lipinski definition) is 1. The molecule has 1 rings (SSSR count). The quantitative estimate of drug-likeness (QED) is 0.698. The first kappa shape index (κ1) is 12.2. The van der Waals surface area contributed by atoms with E-state index >= 15 is 0 Å². The Morgan fingerprint density at radius 3 is 2.53 bits per heavy atom. The van der Waals surface area contributed by atoms with E-state index < -0.39 is 0 Å². The van der Waals surface area contributed by atoms with Gasteiger partial charge in [0.25, 0.3) is 0 Å².